The number of hydrogen-bond acceptors (Lipinski definition) is 13. The van der Waals surface area contributed by atoms with Gasteiger partial charge in [-0.15, -0.1) is 0 Å². The first kappa shape index (κ1) is 50.7. The number of H-pyrrole nitrogens is 1. The number of rotatable bonds is 6. The van der Waals surface area contributed by atoms with E-state index in [-0.39, 0.29) is 44.6 Å². The minimum Gasteiger partial charge on any atom is -0.384 e. The van der Waals surface area contributed by atoms with Crippen LogP contribution in [0.25, 0.3) is 0 Å². The summed E-state index contributed by atoms with van der Waals surface area (Å²) < 4.78 is 3.17. The maximum absolute atomic E-state index is 13.0. The molecule has 0 spiro atoms. The summed E-state index contributed by atoms with van der Waals surface area (Å²) in [6.07, 6.45) is 19.6. The van der Waals surface area contributed by atoms with E-state index in [1.165, 1.54) is 43.7 Å². The molecule has 3 saturated carbocycles. The monoisotopic (exact) mass is 970 g/mol. The molecule has 3 aliphatic carbocycles. The molecule has 19 nitrogen and oxygen atoms in total. The van der Waals surface area contributed by atoms with E-state index in [0.29, 0.717) is 46.3 Å². The molecule has 2 atom stereocenters. The highest BCUT2D eigenvalue weighted by Crippen LogP contribution is 2.41. The van der Waals surface area contributed by atoms with Crippen molar-refractivity contribution in [2.75, 3.05) is 11.1 Å². The Morgan fingerprint density at radius 1 is 0.676 bits per heavy atom. The molecule has 3 fully saturated rings. The fourth-order valence-corrected chi connectivity index (χ4v) is 9.66. The summed E-state index contributed by atoms with van der Waals surface area (Å²) in [6.45, 7) is 5.58. The van der Waals surface area contributed by atoms with Crippen molar-refractivity contribution < 1.29 is 19.2 Å². The molecule has 0 bridgehead atoms. The van der Waals surface area contributed by atoms with Crippen molar-refractivity contribution >= 4 is 64.0 Å². The molecular weight excluding hydrogens is 915 g/mol. The predicted molar refractivity (Wildman–Crippen MR) is 258 cm³/mol. The lowest BCUT2D eigenvalue weighted by Crippen LogP contribution is -2.50. The van der Waals surface area contributed by atoms with Crippen LogP contribution in [-0.4, -0.2) is 57.6 Å². The number of hydrogen-bond donors (Lipinski definition) is 6. The Labute approximate surface area is 401 Å². The average Bonchev–Trinajstić information content (AvgIpc) is 4.19. The standard InChI is InChI=1S/C17H19N5O2.C13H15ClN2O2.C7H12O.C6H5ClN2O2.C4H5N3/c1-17(11-4-2-3-5-11)21-15(23)13-7-6-12(16(24)22(13)17)20-14-8-9-18-10-19-14;1-13(8-4-2-3-5-8)15-11(17)10-7-6-9(14)12(18)16(10)13;1-6(8)7-4-2-3-5-7;7-3-1-2-4(5(8)10)9-6(3)11;5-4-1-2-6-3-7-4/h6-11H,2-5H2,1H3,(H,21,23)(H,18,19,20);6-8H,2-5H2,1H3,(H,15,17);7H,2-5H2,1H3;1-2H,(H2,8,10)(H,9,11);1-3H,(H2,5,6,7). The summed E-state index contributed by atoms with van der Waals surface area (Å²) >= 11 is 11.3. The van der Waals surface area contributed by atoms with Gasteiger partial charge in [-0.3, -0.25) is 42.7 Å². The van der Waals surface area contributed by atoms with Crippen LogP contribution in [0.15, 0.2) is 88.0 Å². The van der Waals surface area contributed by atoms with E-state index in [1.54, 1.807) is 58.8 Å². The topological polar surface area (TPSA) is 285 Å². The minimum absolute atomic E-state index is 0.0370. The second-order valence-corrected chi connectivity index (χ2v) is 18.3. The van der Waals surface area contributed by atoms with Crippen LogP contribution in [0.3, 0.4) is 0 Å². The van der Waals surface area contributed by atoms with Crippen molar-refractivity contribution in [1.82, 2.24) is 44.7 Å². The second kappa shape index (κ2) is 22.4. The molecule has 10 rings (SSSR count). The number of fused-ring (bicyclic) bond motifs is 2. The molecule has 21 heteroatoms. The number of nitrogen functional groups attached to an aromatic ring is 1. The van der Waals surface area contributed by atoms with E-state index >= 15 is 0 Å². The quantitative estimate of drug-likeness (QED) is 0.113. The fraction of sp³-hybridized carbons (Fsp3) is 0.426. The third-order valence-electron chi connectivity index (χ3n) is 13.1. The van der Waals surface area contributed by atoms with Crippen molar-refractivity contribution in [2.45, 2.75) is 109 Å². The Morgan fingerprint density at radius 3 is 1.62 bits per heavy atom. The number of primary amides is 1. The molecule has 0 aromatic carbocycles. The van der Waals surface area contributed by atoms with Gasteiger partial charge in [-0.2, -0.15) is 0 Å². The Hall–Kier alpha value is -6.73. The van der Waals surface area contributed by atoms with Crippen molar-refractivity contribution in [3.8, 4) is 0 Å². The first-order chi connectivity index (χ1) is 32.4. The maximum atomic E-state index is 13.0. The molecule has 3 amide bonds. The van der Waals surface area contributed by atoms with E-state index in [9.17, 15) is 33.6 Å². The van der Waals surface area contributed by atoms with Gasteiger partial charge < -0.3 is 32.4 Å². The first-order valence-electron chi connectivity index (χ1n) is 22.5. The largest absolute Gasteiger partial charge is 0.384 e. The predicted octanol–water partition coefficient (Wildman–Crippen LogP) is 6.05. The van der Waals surface area contributed by atoms with Gasteiger partial charge in [0.15, 0.2) is 0 Å². The number of ketones is 1. The number of halogens is 2. The molecule has 68 heavy (non-hydrogen) atoms. The van der Waals surface area contributed by atoms with Gasteiger partial charge in [-0.1, -0.05) is 61.7 Å². The Kier molecular flexibility index (Phi) is 16.7. The van der Waals surface area contributed by atoms with E-state index < -0.39 is 22.8 Å². The zero-order chi connectivity index (χ0) is 49.2. The number of aromatic nitrogens is 7. The molecule has 360 valence electrons. The number of carbonyl (C=O) groups excluding carboxylic acids is 4. The molecule has 5 aromatic rings. The highest BCUT2D eigenvalue weighted by atomic mass is 35.5. The van der Waals surface area contributed by atoms with E-state index in [2.05, 4.69) is 40.9 Å². The zero-order valence-electron chi connectivity index (χ0n) is 38.1. The molecule has 2 unspecified atom stereocenters. The lowest BCUT2D eigenvalue weighted by atomic mass is 9.92. The number of Topliss-reactive ketones (excluding diaryl/α,β-unsaturated/α-hetero) is 1. The number of carbonyl (C=O) groups is 4. The summed E-state index contributed by atoms with van der Waals surface area (Å²) in [4.78, 5) is 98.9. The van der Waals surface area contributed by atoms with Gasteiger partial charge in [0.1, 0.15) is 74.2 Å². The van der Waals surface area contributed by atoms with Crippen LogP contribution in [-0.2, 0) is 16.1 Å². The van der Waals surface area contributed by atoms with E-state index in [1.807, 2.05) is 13.8 Å². The molecule has 5 aliphatic rings. The number of amides is 3. The Bertz CT molecular complexity index is 2790. The van der Waals surface area contributed by atoms with Crippen molar-refractivity contribution in [3.63, 3.8) is 0 Å². The van der Waals surface area contributed by atoms with Crippen LogP contribution in [0.1, 0.15) is 129 Å². The first-order valence-corrected chi connectivity index (χ1v) is 23.3. The van der Waals surface area contributed by atoms with Crippen molar-refractivity contribution in [3.05, 3.63) is 132 Å². The van der Waals surface area contributed by atoms with Crippen LogP contribution < -0.4 is 44.1 Å². The van der Waals surface area contributed by atoms with Gasteiger partial charge in [0.2, 0.25) is 0 Å². The normalized spacial score (nSPS) is 20.4. The van der Waals surface area contributed by atoms with E-state index in [0.717, 1.165) is 64.2 Å². The van der Waals surface area contributed by atoms with Gasteiger partial charge in [-0.25, -0.2) is 19.9 Å². The number of nitrogens with zero attached hydrogens (tertiary/aromatic N) is 6. The third kappa shape index (κ3) is 11.7. The average molecular weight is 972 g/mol. The Morgan fingerprint density at radius 2 is 1.18 bits per heavy atom. The molecule has 2 aliphatic heterocycles. The number of nitrogens with one attached hydrogen (secondary N) is 4. The highest BCUT2D eigenvalue weighted by Gasteiger charge is 2.47. The maximum Gasteiger partial charge on any atom is 0.276 e. The Balaban J connectivity index is 0.000000152. The lowest BCUT2D eigenvalue weighted by Gasteiger charge is -2.33. The highest BCUT2D eigenvalue weighted by molar-refractivity contribution is 6.30. The van der Waals surface area contributed by atoms with Crippen LogP contribution in [0.4, 0.5) is 17.3 Å². The van der Waals surface area contributed by atoms with Crippen molar-refractivity contribution in [2.24, 2.45) is 23.5 Å². The van der Waals surface area contributed by atoms with Crippen molar-refractivity contribution in [1.29, 1.82) is 0 Å². The van der Waals surface area contributed by atoms with Gasteiger partial charge in [0, 0.05) is 30.1 Å². The number of anilines is 3. The molecule has 0 saturated heterocycles. The van der Waals surface area contributed by atoms with Crippen LogP contribution in [0.5, 0.6) is 0 Å². The van der Waals surface area contributed by atoms with Gasteiger partial charge in [0.25, 0.3) is 34.4 Å². The summed E-state index contributed by atoms with van der Waals surface area (Å²) in [5.41, 5.74) is 9.10. The molecular formula is C47H56Cl2N12O7. The second-order valence-electron chi connectivity index (χ2n) is 17.5. The lowest BCUT2D eigenvalue weighted by molar-refractivity contribution is -0.120. The minimum atomic E-state index is -0.682. The summed E-state index contributed by atoms with van der Waals surface area (Å²) in [6, 6.07) is 12.5. The molecule has 8 N–H and O–H groups in total. The molecule has 0 radical (unpaired) electrons. The zero-order valence-corrected chi connectivity index (χ0v) is 39.6. The van der Waals surface area contributed by atoms with Crippen LogP contribution in [0, 0.1) is 17.8 Å². The summed E-state index contributed by atoms with van der Waals surface area (Å²) in [7, 11) is 0. The smallest absolute Gasteiger partial charge is 0.276 e. The number of nitrogens with two attached hydrogens (primary N) is 2. The fourth-order valence-electron chi connectivity index (χ4n) is 9.40. The van der Waals surface area contributed by atoms with Crippen LogP contribution in [0.2, 0.25) is 10.0 Å². The van der Waals surface area contributed by atoms with E-state index in [4.69, 9.17) is 34.7 Å². The van der Waals surface area contributed by atoms with Gasteiger partial charge in [-0.05, 0) is 108 Å². The third-order valence-corrected chi connectivity index (χ3v) is 13.6. The summed E-state index contributed by atoms with van der Waals surface area (Å²) in [5.74, 6) is 1.40. The molecule has 7 heterocycles. The number of pyridine rings is 3. The molecule has 5 aromatic heterocycles. The summed E-state index contributed by atoms with van der Waals surface area (Å²) in [5, 5.41) is 9.24. The number of aromatic amines is 1. The SMILES string of the molecule is CC(=O)C1CCCC1.CC1(C2CCCC2)NC(=O)c2ccc(Cl)c(=O)n21.CC1(C2CCCC2)NC(=O)c2ccc(Nc3ccncn3)c(=O)n21.NC(=O)c1ccc(Cl)c(=O)[nH]1.Nc1ccncn1. The van der Waals surface area contributed by atoms with Crippen LogP contribution >= 0.6 is 23.2 Å². The van der Waals surface area contributed by atoms with Gasteiger partial charge in [0.05, 0.1) is 0 Å². The van der Waals surface area contributed by atoms with Gasteiger partial charge >= 0.3 is 0 Å².